The van der Waals surface area contributed by atoms with E-state index in [9.17, 15) is 4.39 Å². The molecule has 0 saturated heterocycles. The summed E-state index contributed by atoms with van der Waals surface area (Å²) in [5, 5.41) is 0. The van der Waals surface area contributed by atoms with Gasteiger partial charge < -0.3 is 9.47 Å². The second kappa shape index (κ2) is 3.01. The van der Waals surface area contributed by atoms with Gasteiger partial charge in [-0.1, -0.05) is 12.1 Å². The molecule has 0 aliphatic carbocycles. The first-order valence-electron chi connectivity index (χ1n) is 3.84. The van der Waals surface area contributed by atoms with Crippen LogP contribution in [0, 0.1) is 0 Å². The molecule has 0 N–H and O–H groups in total. The number of benzene rings is 1. The van der Waals surface area contributed by atoms with E-state index in [0.717, 1.165) is 0 Å². The van der Waals surface area contributed by atoms with Crippen LogP contribution in [0.15, 0.2) is 24.3 Å². The summed E-state index contributed by atoms with van der Waals surface area (Å²) in [7, 11) is 0. The van der Waals surface area contributed by atoms with Gasteiger partial charge >= 0.3 is 0 Å². The zero-order valence-electron chi connectivity index (χ0n) is 6.50. The zero-order valence-corrected chi connectivity index (χ0v) is 6.50. The van der Waals surface area contributed by atoms with Crippen LogP contribution in [0.3, 0.4) is 0 Å². The maximum absolute atomic E-state index is 12.2. The molecule has 0 bridgehead atoms. The van der Waals surface area contributed by atoms with Crippen molar-refractivity contribution in [2.24, 2.45) is 0 Å². The van der Waals surface area contributed by atoms with Crippen LogP contribution < -0.4 is 9.47 Å². The lowest BCUT2D eigenvalue weighted by atomic mass is 10.3. The first kappa shape index (κ1) is 7.40. The molecule has 0 radical (unpaired) electrons. The first-order chi connectivity index (χ1) is 5.90. The Hall–Kier alpha value is -1.25. The van der Waals surface area contributed by atoms with Crippen LogP contribution in [-0.4, -0.2) is 19.4 Å². The van der Waals surface area contributed by atoms with Crippen LogP contribution in [-0.2, 0) is 0 Å². The van der Waals surface area contributed by atoms with E-state index in [1.807, 2.05) is 18.2 Å². The molecule has 1 aliphatic rings. The van der Waals surface area contributed by atoms with E-state index in [0.29, 0.717) is 18.1 Å². The molecule has 2 nitrogen and oxygen atoms in total. The number of fused-ring (bicyclic) bond motifs is 1. The largest absolute Gasteiger partial charge is 0.486 e. The molecule has 64 valence electrons. The third-order valence-electron chi connectivity index (χ3n) is 1.74. The number of hydrogen-bond donors (Lipinski definition) is 0. The van der Waals surface area contributed by atoms with E-state index in [-0.39, 0.29) is 0 Å². The van der Waals surface area contributed by atoms with E-state index in [1.165, 1.54) is 0 Å². The summed E-state index contributed by atoms with van der Waals surface area (Å²) in [6.07, 6.45) is -0.445. The van der Waals surface area contributed by atoms with Crippen molar-refractivity contribution in [3.63, 3.8) is 0 Å². The number of ether oxygens (including phenoxy) is 2. The Morgan fingerprint density at radius 2 is 2.08 bits per heavy atom. The quantitative estimate of drug-likeness (QED) is 0.636. The van der Waals surface area contributed by atoms with Gasteiger partial charge in [-0.25, -0.2) is 4.39 Å². The van der Waals surface area contributed by atoms with Crippen molar-refractivity contribution >= 4 is 0 Å². The molecular weight excluding hydrogens is 159 g/mol. The summed E-state index contributed by atoms with van der Waals surface area (Å²) in [6.45, 7) is -0.207. The number of para-hydroxylation sites is 2. The molecule has 0 amide bonds. The molecule has 1 atom stereocenters. The molecule has 3 heteroatoms. The van der Waals surface area contributed by atoms with Gasteiger partial charge in [-0.05, 0) is 12.1 Å². The molecule has 0 spiro atoms. The van der Waals surface area contributed by atoms with Crippen LogP contribution in [0.2, 0.25) is 0 Å². The van der Waals surface area contributed by atoms with Gasteiger partial charge in [0, 0.05) is 0 Å². The van der Waals surface area contributed by atoms with Crippen molar-refractivity contribution in [3.8, 4) is 11.5 Å². The minimum atomic E-state index is -0.506. The van der Waals surface area contributed by atoms with Crippen LogP contribution in [0.25, 0.3) is 0 Å². The second-order valence-corrected chi connectivity index (χ2v) is 2.65. The number of rotatable bonds is 1. The summed E-state index contributed by atoms with van der Waals surface area (Å²) >= 11 is 0. The van der Waals surface area contributed by atoms with Gasteiger partial charge in [-0.2, -0.15) is 0 Å². The monoisotopic (exact) mass is 168 g/mol. The summed E-state index contributed by atoms with van der Waals surface area (Å²) in [6, 6.07) is 7.28. The summed E-state index contributed by atoms with van der Waals surface area (Å²) in [5.74, 6) is 1.33. The molecule has 1 aromatic rings. The highest BCUT2D eigenvalue weighted by atomic mass is 19.1. The number of alkyl halides is 1. The maximum Gasteiger partial charge on any atom is 0.161 e. The molecule has 0 fully saturated rings. The fourth-order valence-electron chi connectivity index (χ4n) is 1.14. The smallest absolute Gasteiger partial charge is 0.161 e. The Labute approximate surface area is 69.9 Å². The van der Waals surface area contributed by atoms with E-state index < -0.39 is 12.8 Å². The predicted molar refractivity (Wildman–Crippen MR) is 42.3 cm³/mol. The highest BCUT2D eigenvalue weighted by Gasteiger charge is 2.19. The summed E-state index contributed by atoms with van der Waals surface area (Å²) in [4.78, 5) is 0. The summed E-state index contributed by atoms with van der Waals surface area (Å²) < 4.78 is 22.7. The fourth-order valence-corrected chi connectivity index (χ4v) is 1.14. The Kier molecular flexibility index (Phi) is 1.86. The van der Waals surface area contributed by atoms with Crippen LogP contribution in [0.1, 0.15) is 0 Å². The van der Waals surface area contributed by atoms with Gasteiger partial charge in [0.15, 0.2) is 17.6 Å². The first-order valence-corrected chi connectivity index (χ1v) is 3.84. The second-order valence-electron chi connectivity index (χ2n) is 2.65. The van der Waals surface area contributed by atoms with E-state index in [1.54, 1.807) is 6.07 Å². The Morgan fingerprint density at radius 1 is 1.33 bits per heavy atom. The highest BCUT2D eigenvalue weighted by Crippen LogP contribution is 2.30. The van der Waals surface area contributed by atoms with Gasteiger partial charge in [0.25, 0.3) is 0 Å². The maximum atomic E-state index is 12.2. The molecule has 0 aromatic heterocycles. The van der Waals surface area contributed by atoms with Gasteiger partial charge in [0.2, 0.25) is 0 Å². The lowest BCUT2D eigenvalue weighted by Crippen LogP contribution is -2.30. The number of hydrogen-bond acceptors (Lipinski definition) is 2. The third-order valence-corrected chi connectivity index (χ3v) is 1.74. The Balaban J connectivity index is 2.23. The minimum Gasteiger partial charge on any atom is -0.486 e. The predicted octanol–water partition coefficient (Wildman–Crippen LogP) is 1.80. The topological polar surface area (TPSA) is 18.5 Å². The molecule has 1 aromatic carbocycles. The average Bonchev–Trinajstić information content (AvgIpc) is 2.17. The van der Waals surface area contributed by atoms with Gasteiger partial charge in [-0.3, -0.25) is 0 Å². The van der Waals surface area contributed by atoms with Gasteiger partial charge in [-0.15, -0.1) is 0 Å². The van der Waals surface area contributed by atoms with Crippen LogP contribution in [0.5, 0.6) is 11.5 Å². The number of halogens is 1. The van der Waals surface area contributed by atoms with Crippen molar-refractivity contribution in [3.05, 3.63) is 24.3 Å². The van der Waals surface area contributed by atoms with Crippen molar-refractivity contribution in [1.82, 2.24) is 0 Å². The third kappa shape index (κ3) is 1.22. The van der Waals surface area contributed by atoms with Crippen LogP contribution in [0.4, 0.5) is 4.39 Å². The zero-order chi connectivity index (χ0) is 8.39. The van der Waals surface area contributed by atoms with Crippen molar-refractivity contribution in [1.29, 1.82) is 0 Å². The van der Waals surface area contributed by atoms with Crippen molar-refractivity contribution < 1.29 is 13.9 Å². The average molecular weight is 168 g/mol. The van der Waals surface area contributed by atoms with Crippen molar-refractivity contribution in [2.75, 3.05) is 13.3 Å². The molecule has 0 unspecified atom stereocenters. The molecule has 2 rings (SSSR count). The fraction of sp³-hybridized carbons (Fsp3) is 0.333. The van der Waals surface area contributed by atoms with Gasteiger partial charge in [0.1, 0.15) is 13.3 Å². The SMILES string of the molecule is FC[C@H]1COc2ccccc2O1. The standard InChI is InChI=1S/C9H9FO2/c10-5-7-6-11-8-3-1-2-4-9(8)12-7/h1-4,7H,5-6H2/t7-/m0/s1. The molecule has 1 heterocycles. The Morgan fingerprint density at radius 3 is 2.83 bits per heavy atom. The molecule has 1 aliphatic heterocycles. The minimum absolute atomic E-state index is 0.299. The normalized spacial score (nSPS) is 20.6. The molecule has 12 heavy (non-hydrogen) atoms. The lowest BCUT2D eigenvalue weighted by Gasteiger charge is -2.24. The van der Waals surface area contributed by atoms with Crippen LogP contribution >= 0.6 is 0 Å². The lowest BCUT2D eigenvalue weighted by molar-refractivity contribution is 0.0718. The molecular formula is C9H9FO2. The van der Waals surface area contributed by atoms with E-state index >= 15 is 0 Å². The van der Waals surface area contributed by atoms with E-state index in [4.69, 9.17) is 9.47 Å². The van der Waals surface area contributed by atoms with Gasteiger partial charge in [0.05, 0.1) is 0 Å². The van der Waals surface area contributed by atoms with Crippen molar-refractivity contribution in [2.45, 2.75) is 6.10 Å². The molecule has 0 saturated carbocycles. The van der Waals surface area contributed by atoms with E-state index in [2.05, 4.69) is 0 Å². The highest BCUT2D eigenvalue weighted by molar-refractivity contribution is 5.40. The summed E-state index contributed by atoms with van der Waals surface area (Å²) in [5.41, 5.74) is 0. The Bertz CT molecular complexity index is 275.